The number of anilines is 3. The Morgan fingerprint density at radius 2 is 2.09 bits per heavy atom. The summed E-state index contributed by atoms with van der Waals surface area (Å²) < 4.78 is 0.743. The molecule has 110 valence electrons. The van der Waals surface area contributed by atoms with E-state index >= 15 is 0 Å². The molecule has 0 atom stereocenters. The van der Waals surface area contributed by atoms with Gasteiger partial charge in [0, 0.05) is 23.6 Å². The molecule has 3 rings (SSSR count). The summed E-state index contributed by atoms with van der Waals surface area (Å²) in [6.45, 7) is 1.98. The Morgan fingerprint density at radius 3 is 2.91 bits per heavy atom. The van der Waals surface area contributed by atoms with Crippen LogP contribution >= 0.6 is 0 Å². The van der Waals surface area contributed by atoms with Crippen molar-refractivity contribution < 1.29 is 4.73 Å². The molecular formula is C16H15N5O. The van der Waals surface area contributed by atoms with Crippen molar-refractivity contribution in [1.82, 2.24) is 9.97 Å². The molecule has 3 aromatic rings. The molecule has 3 N–H and O–H groups in total. The SMILES string of the molecule is Cc1ccc(N)cc1Nc1nccc(-c2ccc[n+]([O-])c2)n1. The molecule has 2 aromatic heterocycles. The first kappa shape index (κ1) is 13.8. The highest BCUT2D eigenvalue weighted by Gasteiger charge is 2.06. The van der Waals surface area contributed by atoms with Crippen molar-refractivity contribution in [3.8, 4) is 11.3 Å². The van der Waals surface area contributed by atoms with E-state index in [0.717, 1.165) is 21.5 Å². The van der Waals surface area contributed by atoms with E-state index < -0.39 is 0 Å². The number of nitrogen functional groups attached to an aromatic ring is 1. The van der Waals surface area contributed by atoms with Gasteiger partial charge in [0.2, 0.25) is 5.95 Å². The maximum absolute atomic E-state index is 11.4. The van der Waals surface area contributed by atoms with Gasteiger partial charge in [0.15, 0.2) is 12.4 Å². The number of nitrogens with zero attached hydrogens (tertiary/aromatic N) is 3. The highest BCUT2D eigenvalue weighted by atomic mass is 16.5. The minimum absolute atomic E-state index is 0.451. The highest BCUT2D eigenvalue weighted by Crippen LogP contribution is 2.22. The van der Waals surface area contributed by atoms with Crippen LogP contribution in [-0.4, -0.2) is 9.97 Å². The normalized spacial score (nSPS) is 10.4. The molecule has 0 saturated heterocycles. The average Bonchev–Trinajstić information content (AvgIpc) is 2.51. The van der Waals surface area contributed by atoms with E-state index in [1.807, 2.05) is 31.2 Å². The lowest BCUT2D eigenvalue weighted by molar-refractivity contribution is -0.604. The molecule has 0 bridgehead atoms. The Morgan fingerprint density at radius 1 is 1.23 bits per heavy atom. The van der Waals surface area contributed by atoms with Crippen molar-refractivity contribution in [2.24, 2.45) is 0 Å². The smallest absolute Gasteiger partial charge is 0.227 e. The Balaban J connectivity index is 1.93. The van der Waals surface area contributed by atoms with Crippen molar-refractivity contribution >= 4 is 17.3 Å². The summed E-state index contributed by atoms with van der Waals surface area (Å²) in [4.78, 5) is 8.64. The van der Waals surface area contributed by atoms with Crippen LogP contribution in [0.4, 0.5) is 17.3 Å². The first-order valence-electron chi connectivity index (χ1n) is 6.77. The van der Waals surface area contributed by atoms with Gasteiger partial charge in [-0.2, -0.15) is 4.73 Å². The quantitative estimate of drug-likeness (QED) is 0.439. The van der Waals surface area contributed by atoms with Crippen molar-refractivity contribution in [3.05, 3.63) is 65.8 Å². The Labute approximate surface area is 127 Å². The van der Waals surface area contributed by atoms with Crippen LogP contribution in [0.2, 0.25) is 0 Å². The fourth-order valence-electron chi connectivity index (χ4n) is 2.08. The minimum Gasteiger partial charge on any atom is -0.619 e. The molecule has 2 heterocycles. The second kappa shape index (κ2) is 5.69. The van der Waals surface area contributed by atoms with Gasteiger partial charge in [0.1, 0.15) is 0 Å². The zero-order chi connectivity index (χ0) is 15.5. The summed E-state index contributed by atoms with van der Waals surface area (Å²) in [5.41, 5.74) is 9.76. The summed E-state index contributed by atoms with van der Waals surface area (Å²) >= 11 is 0. The molecule has 0 aliphatic heterocycles. The number of rotatable bonds is 3. The van der Waals surface area contributed by atoms with E-state index in [9.17, 15) is 5.21 Å². The van der Waals surface area contributed by atoms with Gasteiger partial charge in [-0.1, -0.05) is 6.07 Å². The Bertz CT molecular complexity index is 819. The van der Waals surface area contributed by atoms with Gasteiger partial charge < -0.3 is 16.3 Å². The molecule has 6 heteroatoms. The van der Waals surface area contributed by atoms with Crippen molar-refractivity contribution in [2.45, 2.75) is 6.92 Å². The molecule has 0 aliphatic rings. The van der Waals surface area contributed by atoms with Gasteiger partial charge in [-0.05, 0) is 36.8 Å². The van der Waals surface area contributed by atoms with Gasteiger partial charge in [-0.25, -0.2) is 9.97 Å². The Kier molecular flexibility index (Phi) is 3.57. The van der Waals surface area contributed by atoms with Gasteiger partial charge in [0.25, 0.3) is 0 Å². The van der Waals surface area contributed by atoms with Crippen molar-refractivity contribution in [1.29, 1.82) is 0 Å². The molecule has 0 unspecified atom stereocenters. The first-order valence-corrected chi connectivity index (χ1v) is 6.77. The molecule has 1 aromatic carbocycles. The fourth-order valence-corrected chi connectivity index (χ4v) is 2.08. The van der Waals surface area contributed by atoms with E-state index in [1.54, 1.807) is 18.3 Å². The maximum Gasteiger partial charge on any atom is 0.227 e. The summed E-state index contributed by atoms with van der Waals surface area (Å²) in [5.74, 6) is 0.451. The molecule has 0 aliphatic carbocycles. The monoisotopic (exact) mass is 293 g/mol. The number of aromatic nitrogens is 3. The van der Waals surface area contributed by atoms with Gasteiger partial charge in [-0.15, -0.1) is 0 Å². The van der Waals surface area contributed by atoms with Crippen LogP contribution in [0.25, 0.3) is 11.3 Å². The van der Waals surface area contributed by atoms with Crippen LogP contribution in [0.15, 0.2) is 55.0 Å². The van der Waals surface area contributed by atoms with Gasteiger partial charge >= 0.3 is 0 Å². The zero-order valence-electron chi connectivity index (χ0n) is 12.0. The average molecular weight is 293 g/mol. The summed E-state index contributed by atoms with van der Waals surface area (Å²) in [5, 5.41) is 14.5. The molecule has 6 nitrogen and oxygen atoms in total. The first-order chi connectivity index (χ1) is 10.6. The lowest BCUT2D eigenvalue weighted by atomic mass is 10.2. The number of aryl methyl sites for hydroxylation is 1. The van der Waals surface area contributed by atoms with Crippen molar-refractivity contribution in [3.63, 3.8) is 0 Å². The van der Waals surface area contributed by atoms with Crippen LogP contribution in [0, 0.1) is 12.1 Å². The lowest BCUT2D eigenvalue weighted by Crippen LogP contribution is -2.24. The standard InChI is InChI=1S/C16H15N5O/c1-11-4-5-13(17)9-15(11)20-16-18-7-6-14(19-16)12-3-2-8-21(22)10-12/h2-10H,17H2,1H3,(H,18,19,20). The number of pyridine rings is 1. The number of benzene rings is 1. The van der Waals surface area contributed by atoms with E-state index in [0.29, 0.717) is 17.3 Å². The molecular weight excluding hydrogens is 278 g/mol. The third kappa shape index (κ3) is 2.95. The molecule has 0 radical (unpaired) electrons. The van der Waals surface area contributed by atoms with Crippen LogP contribution in [0.3, 0.4) is 0 Å². The predicted octanol–water partition coefficient (Wildman–Crippen LogP) is 2.41. The van der Waals surface area contributed by atoms with Crippen LogP contribution in [0.1, 0.15) is 5.56 Å². The number of nitrogens with one attached hydrogen (secondary N) is 1. The fraction of sp³-hybridized carbons (Fsp3) is 0.0625. The second-order valence-electron chi connectivity index (χ2n) is 4.92. The Hall–Kier alpha value is -3.15. The third-order valence-electron chi connectivity index (χ3n) is 3.23. The van der Waals surface area contributed by atoms with Gasteiger partial charge in [-0.3, -0.25) is 0 Å². The second-order valence-corrected chi connectivity index (χ2v) is 4.92. The summed E-state index contributed by atoms with van der Waals surface area (Å²) in [7, 11) is 0. The molecule has 0 fully saturated rings. The van der Waals surface area contributed by atoms with E-state index in [2.05, 4.69) is 15.3 Å². The number of hydrogen-bond donors (Lipinski definition) is 2. The van der Waals surface area contributed by atoms with Gasteiger partial charge in [0.05, 0.1) is 11.3 Å². The zero-order valence-corrected chi connectivity index (χ0v) is 12.0. The van der Waals surface area contributed by atoms with Crippen LogP contribution < -0.4 is 15.8 Å². The summed E-state index contributed by atoms with van der Waals surface area (Å²) in [6, 6.07) is 10.9. The lowest BCUT2D eigenvalue weighted by Gasteiger charge is -2.09. The molecule has 0 amide bonds. The minimum atomic E-state index is 0.451. The van der Waals surface area contributed by atoms with E-state index in [1.165, 1.54) is 12.4 Å². The van der Waals surface area contributed by atoms with E-state index in [-0.39, 0.29) is 0 Å². The summed E-state index contributed by atoms with van der Waals surface area (Å²) in [6.07, 6.45) is 4.55. The van der Waals surface area contributed by atoms with Crippen molar-refractivity contribution in [2.75, 3.05) is 11.1 Å². The largest absolute Gasteiger partial charge is 0.619 e. The number of nitrogens with two attached hydrogens (primary N) is 1. The third-order valence-corrected chi connectivity index (χ3v) is 3.23. The van der Waals surface area contributed by atoms with Crippen LogP contribution in [-0.2, 0) is 0 Å². The van der Waals surface area contributed by atoms with Crippen LogP contribution in [0.5, 0.6) is 0 Å². The number of hydrogen-bond acceptors (Lipinski definition) is 5. The molecule has 0 spiro atoms. The molecule has 22 heavy (non-hydrogen) atoms. The highest BCUT2D eigenvalue weighted by molar-refractivity contribution is 5.65. The van der Waals surface area contributed by atoms with E-state index in [4.69, 9.17) is 5.73 Å². The predicted molar refractivity (Wildman–Crippen MR) is 85.3 cm³/mol. The maximum atomic E-state index is 11.4. The topological polar surface area (TPSA) is 90.8 Å². The molecule has 0 saturated carbocycles.